The molecule has 3 rings (SSSR count). The summed E-state index contributed by atoms with van der Waals surface area (Å²) < 4.78 is 5.30. The lowest BCUT2D eigenvalue weighted by molar-refractivity contribution is 0.0693. The minimum Gasteiger partial charge on any atom is -0.355 e. The molecular weight excluding hydrogens is 266 g/mol. The van der Waals surface area contributed by atoms with Crippen LogP contribution in [-0.2, 0) is 0 Å². The zero-order chi connectivity index (χ0) is 14.7. The Bertz CT molecular complexity index is 603. The van der Waals surface area contributed by atoms with Gasteiger partial charge in [0.2, 0.25) is 0 Å². The average molecular weight is 285 g/mol. The van der Waals surface area contributed by atoms with Crippen LogP contribution in [-0.4, -0.2) is 42.1 Å². The Kier molecular flexibility index (Phi) is 4.01. The summed E-state index contributed by atoms with van der Waals surface area (Å²) in [6.07, 6.45) is 1.96. The highest BCUT2D eigenvalue weighted by Gasteiger charge is 2.25. The van der Waals surface area contributed by atoms with E-state index in [0.717, 1.165) is 31.5 Å². The molecule has 1 fully saturated rings. The maximum absolute atomic E-state index is 12.5. The standard InChI is InChI=1S/C16H19N3O2/c1-19(13-7-9-17-10-8-13)16(20)14-11-15(21-18-14)12-5-3-2-4-6-12/h2-6,11,13,17H,7-10H2,1H3. The Morgan fingerprint density at radius 3 is 2.71 bits per heavy atom. The number of carbonyl (C=O) groups is 1. The van der Waals surface area contributed by atoms with Gasteiger partial charge >= 0.3 is 0 Å². The maximum atomic E-state index is 12.5. The minimum atomic E-state index is -0.0761. The van der Waals surface area contributed by atoms with E-state index < -0.39 is 0 Å². The van der Waals surface area contributed by atoms with Crippen LogP contribution in [0.5, 0.6) is 0 Å². The molecule has 0 radical (unpaired) electrons. The Morgan fingerprint density at radius 1 is 1.29 bits per heavy atom. The molecule has 0 bridgehead atoms. The van der Waals surface area contributed by atoms with E-state index in [2.05, 4.69) is 10.5 Å². The summed E-state index contributed by atoms with van der Waals surface area (Å²) in [7, 11) is 1.84. The highest BCUT2D eigenvalue weighted by atomic mass is 16.5. The molecule has 1 N–H and O–H groups in total. The maximum Gasteiger partial charge on any atom is 0.276 e. The molecule has 0 spiro atoms. The summed E-state index contributed by atoms with van der Waals surface area (Å²) in [4.78, 5) is 14.3. The van der Waals surface area contributed by atoms with Gasteiger partial charge < -0.3 is 14.7 Å². The third-order valence-electron chi connectivity index (χ3n) is 3.96. The lowest BCUT2D eigenvalue weighted by Gasteiger charge is -2.31. The number of rotatable bonds is 3. The fraction of sp³-hybridized carbons (Fsp3) is 0.375. The monoisotopic (exact) mass is 285 g/mol. The fourth-order valence-electron chi connectivity index (χ4n) is 2.65. The van der Waals surface area contributed by atoms with Crippen molar-refractivity contribution in [3.8, 4) is 11.3 Å². The molecule has 5 nitrogen and oxygen atoms in total. The van der Waals surface area contributed by atoms with Gasteiger partial charge in [-0.3, -0.25) is 4.79 Å². The first-order chi connectivity index (χ1) is 10.3. The van der Waals surface area contributed by atoms with Crippen molar-refractivity contribution in [2.24, 2.45) is 0 Å². The lowest BCUT2D eigenvalue weighted by atomic mass is 10.0. The first-order valence-corrected chi connectivity index (χ1v) is 7.26. The van der Waals surface area contributed by atoms with E-state index in [1.54, 1.807) is 11.0 Å². The molecule has 1 amide bonds. The predicted molar refractivity (Wildman–Crippen MR) is 79.9 cm³/mol. The molecule has 1 aromatic heterocycles. The van der Waals surface area contributed by atoms with E-state index in [4.69, 9.17) is 4.52 Å². The van der Waals surface area contributed by atoms with Gasteiger partial charge in [-0.15, -0.1) is 0 Å². The van der Waals surface area contributed by atoms with Crippen molar-refractivity contribution >= 4 is 5.91 Å². The number of carbonyl (C=O) groups excluding carboxylic acids is 1. The number of hydrogen-bond acceptors (Lipinski definition) is 4. The summed E-state index contributed by atoms with van der Waals surface area (Å²) in [5.41, 5.74) is 1.29. The van der Waals surface area contributed by atoms with Gasteiger partial charge in [0, 0.05) is 24.7 Å². The van der Waals surface area contributed by atoms with Gasteiger partial charge in [0.15, 0.2) is 11.5 Å². The molecule has 1 aliphatic rings. The van der Waals surface area contributed by atoms with Gasteiger partial charge in [0.1, 0.15) is 0 Å². The van der Waals surface area contributed by atoms with Gasteiger partial charge in [0.05, 0.1) is 0 Å². The Labute approximate surface area is 123 Å². The molecule has 0 saturated carbocycles. The Hall–Kier alpha value is -2.14. The van der Waals surface area contributed by atoms with Crippen LogP contribution in [0.25, 0.3) is 11.3 Å². The highest BCUT2D eigenvalue weighted by Crippen LogP contribution is 2.21. The summed E-state index contributed by atoms with van der Waals surface area (Å²) in [5.74, 6) is 0.547. The summed E-state index contributed by atoms with van der Waals surface area (Å²) in [6, 6.07) is 11.7. The highest BCUT2D eigenvalue weighted by molar-refractivity contribution is 5.93. The quantitative estimate of drug-likeness (QED) is 0.939. The number of nitrogens with zero attached hydrogens (tertiary/aromatic N) is 2. The summed E-state index contributed by atoms with van der Waals surface area (Å²) in [5, 5.41) is 7.23. The van der Waals surface area contributed by atoms with Crippen molar-refractivity contribution in [1.29, 1.82) is 0 Å². The van der Waals surface area contributed by atoms with E-state index in [-0.39, 0.29) is 11.9 Å². The lowest BCUT2D eigenvalue weighted by Crippen LogP contribution is -2.44. The van der Waals surface area contributed by atoms with Crippen LogP contribution in [0.3, 0.4) is 0 Å². The van der Waals surface area contributed by atoms with Crippen LogP contribution >= 0.6 is 0 Å². The van der Waals surface area contributed by atoms with E-state index in [1.807, 2.05) is 37.4 Å². The van der Waals surface area contributed by atoms with E-state index >= 15 is 0 Å². The molecular formula is C16H19N3O2. The predicted octanol–water partition coefficient (Wildman–Crippen LogP) is 2.17. The van der Waals surface area contributed by atoms with Crippen LogP contribution in [0.4, 0.5) is 0 Å². The van der Waals surface area contributed by atoms with Gasteiger partial charge in [-0.25, -0.2) is 0 Å². The topological polar surface area (TPSA) is 58.4 Å². The molecule has 1 aliphatic heterocycles. The largest absolute Gasteiger partial charge is 0.355 e. The number of piperidine rings is 1. The van der Waals surface area contributed by atoms with Gasteiger partial charge in [-0.2, -0.15) is 0 Å². The molecule has 21 heavy (non-hydrogen) atoms. The third kappa shape index (κ3) is 2.97. The van der Waals surface area contributed by atoms with Gasteiger partial charge in [-0.05, 0) is 25.9 Å². The second-order valence-corrected chi connectivity index (χ2v) is 5.34. The normalized spacial score (nSPS) is 15.9. The molecule has 1 aromatic carbocycles. The van der Waals surface area contributed by atoms with E-state index in [9.17, 15) is 4.79 Å². The first-order valence-electron chi connectivity index (χ1n) is 7.26. The second kappa shape index (κ2) is 6.10. The molecule has 0 aliphatic carbocycles. The number of nitrogens with one attached hydrogen (secondary N) is 1. The third-order valence-corrected chi connectivity index (χ3v) is 3.96. The van der Waals surface area contributed by atoms with Crippen molar-refractivity contribution in [3.63, 3.8) is 0 Å². The van der Waals surface area contributed by atoms with Crippen molar-refractivity contribution in [2.45, 2.75) is 18.9 Å². The number of aromatic nitrogens is 1. The molecule has 2 aromatic rings. The number of hydrogen-bond donors (Lipinski definition) is 1. The first kappa shape index (κ1) is 13.8. The smallest absolute Gasteiger partial charge is 0.276 e. The molecule has 1 saturated heterocycles. The summed E-state index contributed by atoms with van der Waals surface area (Å²) >= 11 is 0. The minimum absolute atomic E-state index is 0.0761. The number of benzene rings is 1. The van der Waals surface area contributed by atoms with Crippen molar-refractivity contribution in [2.75, 3.05) is 20.1 Å². The SMILES string of the molecule is CN(C(=O)c1cc(-c2ccccc2)on1)C1CCNCC1. The zero-order valence-corrected chi connectivity index (χ0v) is 12.1. The fourth-order valence-corrected chi connectivity index (χ4v) is 2.65. The van der Waals surface area contributed by atoms with E-state index in [1.165, 1.54) is 0 Å². The average Bonchev–Trinajstić information content (AvgIpc) is 3.05. The van der Waals surface area contributed by atoms with Crippen molar-refractivity contribution in [3.05, 3.63) is 42.1 Å². The Morgan fingerprint density at radius 2 is 2.00 bits per heavy atom. The second-order valence-electron chi connectivity index (χ2n) is 5.34. The Balaban J connectivity index is 1.74. The van der Waals surface area contributed by atoms with Gasteiger partial charge in [-0.1, -0.05) is 35.5 Å². The molecule has 0 atom stereocenters. The molecule has 0 unspecified atom stereocenters. The van der Waals surface area contributed by atoms with Crippen LogP contribution in [0.1, 0.15) is 23.3 Å². The van der Waals surface area contributed by atoms with E-state index in [0.29, 0.717) is 11.5 Å². The summed E-state index contributed by atoms with van der Waals surface area (Å²) in [6.45, 7) is 1.91. The molecule has 2 heterocycles. The number of amides is 1. The van der Waals surface area contributed by atoms with Crippen LogP contribution < -0.4 is 5.32 Å². The van der Waals surface area contributed by atoms with Crippen molar-refractivity contribution < 1.29 is 9.32 Å². The zero-order valence-electron chi connectivity index (χ0n) is 12.1. The molecule has 5 heteroatoms. The molecule has 110 valence electrons. The van der Waals surface area contributed by atoms with Crippen LogP contribution in [0, 0.1) is 0 Å². The van der Waals surface area contributed by atoms with Gasteiger partial charge in [0.25, 0.3) is 5.91 Å². The van der Waals surface area contributed by atoms with Crippen molar-refractivity contribution in [1.82, 2.24) is 15.4 Å². The van der Waals surface area contributed by atoms with Crippen LogP contribution in [0.15, 0.2) is 40.9 Å². The van der Waals surface area contributed by atoms with Crippen LogP contribution in [0.2, 0.25) is 0 Å².